The zero-order valence-electron chi connectivity index (χ0n) is 15.4. The minimum Gasteiger partial charge on any atom is -0.369 e. The number of nitrogens with zero attached hydrogens (tertiary/aromatic N) is 3. The summed E-state index contributed by atoms with van der Waals surface area (Å²) in [6.45, 7) is 4.13. The molecule has 0 atom stereocenters. The highest BCUT2D eigenvalue weighted by Gasteiger charge is 2.37. The van der Waals surface area contributed by atoms with Gasteiger partial charge in [-0.25, -0.2) is 0 Å². The van der Waals surface area contributed by atoms with Gasteiger partial charge in [0, 0.05) is 49.5 Å². The predicted octanol–water partition coefficient (Wildman–Crippen LogP) is 2.32. The van der Waals surface area contributed by atoms with Crippen LogP contribution in [0.3, 0.4) is 0 Å². The van der Waals surface area contributed by atoms with Crippen LogP contribution in [-0.4, -0.2) is 61.9 Å². The zero-order chi connectivity index (χ0) is 19.0. The molecule has 2 aliphatic heterocycles. The molecule has 0 unspecified atom stereocenters. The maximum atomic E-state index is 12.5. The van der Waals surface area contributed by atoms with Crippen molar-refractivity contribution in [1.29, 1.82) is 0 Å². The van der Waals surface area contributed by atoms with Crippen LogP contribution in [0.2, 0.25) is 0 Å². The third-order valence-corrected chi connectivity index (χ3v) is 5.95. The Hall–Kier alpha value is -2.64. The molecule has 2 amide bonds. The molecule has 2 aliphatic rings. The molecule has 140 valence electrons. The van der Waals surface area contributed by atoms with E-state index in [2.05, 4.69) is 34.3 Å². The molecule has 2 aromatic rings. The van der Waals surface area contributed by atoms with E-state index in [1.54, 1.807) is 0 Å². The molecule has 6 nitrogen and oxygen atoms in total. The Labute approximate surface area is 162 Å². The summed E-state index contributed by atoms with van der Waals surface area (Å²) in [5.74, 6) is -0.564. The van der Waals surface area contributed by atoms with Gasteiger partial charge in [0.2, 0.25) is 0 Å². The number of nitrogens with one attached hydrogen (secondary N) is 1. The number of thiophene rings is 1. The van der Waals surface area contributed by atoms with E-state index in [0.717, 1.165) is 41.6 Å². The predicted molar refractivity (Wildman–Crippen MR) is 109 cm³/mol. The molecule has 7 heteroatoms. The maximum absolute atomic E-state index is 12.5. The van der Waals surface area contributed by atoms with Gasteiger partial charge in [-0.3, -0.25) is 14.5 Å². The van der Waals surface area contributed by atoms with E-state index < -0.39 is 0 Å². The Morgan fingerprint density at radius 2 is 1.63 bits per heavy atom. The second-order valence-electron chi connectivity index (χ2n) is 6.86. The summed E-state index contributed by atoms with van der Waals surface area (Å²) in [7, 11) is 3.66. The number of amides is 2. The fourth-order valence-corrected chi connectivity index (χ4v) is 4.14. The number of carbonyl (C=O) groups is 2. The highest BCUT2D eigenvalue weighted by Crippen LogP contribution is 2.32. The van der Waals surface area contributed by atoms with Crippen LogP contribution in [0.15, 0.2) is 47.5 Å². The highest BCUT2D eigenvalue weighted by molar-refractivity contribution is 7.11. The van der Waals surface area contributed by atoms with Gasteiger partial charge in [0.1, 0.15) is 5.70 Å². The fourth-order valence-electron chi connectivity index (χ4n) is 3.37. The van der Waals surface area contributed by atoms with E-state index in [1.165, 1.54) is 24.1 Å². The molecule has 27 heavy (non-hydrogen) atoms. The maximum Gasteiger partial charge on any atom is 0.277 e. The minimum absolute atomic E-state index is 0.265. The standard InChI is InChI=1S/C20H22N4O2S/c1-22-9-11-24(12-10-22)15-7-5-14(6-8-15)21-18-17(16-4-3-13-27-16)19(25)23(2)20(18)26/h3-8,13,21H,9-12H2,1-2H3. The molecule has 1 aromatic heterocycles. The van der Waals surface area contributed by atoms with Gasteiger partial charge in [-0.15, -0.1) is 11.3 Å². The average Bonchev–Trinajstić information content (AvgIpc) is 3.27. The Kier molecular flexibility index (Phi) is 4.72. The molecule has 0 saturated carbocycles. The molecular weight excluding hydrogens is 360 g/mol. The monoisotopic (exact) mass is 382 g/mol. The van der Waals surface area contributed by atoms with Crippen molar-refractivity contribution in [2.75, 3.05) is 50.5 Å². The van der Waals surface area contributed by atoms with Gasteiger partial charge in [0.15, 0.2) is 0 Å². The number of benzene rings is 1. The summed E-state index contributed by atoms with van der Waals surface area (Å²) in [6.07, 6.45) is 0. The van der Waals surface area contributed by atoms with Crippen molar-refractivity contribution in [3.8, 4) is 0 Å². The number of piperazine rings is 1. The molecule has 3 heterocycles. The van der Waals surface area contributed by atoms with Crippen LogP contribution >= 0.6 is 11.3 Å². The van der Waals surface area contributed by atoms with Gasteiger partial charge in [0.05, 0.1) is 5.57 Å². The van der Waals surface area contributed by atoms with Gasteiger partial charge in [0.25, 0.3) is 11.8 Å². The van der Waals surface area contributed by atoms with Crippen molar-refractivity contribution in [2.45, 2.75) is 0 Å². The summed E-state index contributed by atoms with van der Waals surface area (Å²) in [4.78, 5) is 31.7. The van der Waals surface area contributed by atoms with E-state index in [-0.39, 0.29) is 11.8 Å². The molecule has 1 N–H and O–H groups in total. The van der Waals surface area contributed by atoms with Crippen LogP contribution in [-0.2, 0) is 9.59 Å². The van der Waals surface area contributed by atoms with E-state index in [1.807, 2.05) is 29.6 Å². The largest absolute Gasteiger partial charge is 0.369 e. The third-order valence-electron chi connectivity index (χ3n) is 5.06. The van der Waals surface area contributed by atoms with Crippen molar-refractivity contribution >= 4 is 40.1 Å². The van der Waals surface area contributed by atoms with E-state index in [9.17, 15) is 9.59 Å². The lowest BCUT2D eigenvalue weighted by Gasteiger charge is -2.34. The Bertz CT molecular complexity index is 881. The van der Waals surface area contributed by atoms with Crippen LogP contribution < -0.4 is 10.2 Å². The summed E-state index contributed by atoms with van der Waals surface area (Å²) in [5.41, 5.74) is 2.76. The molecule has 0 radical (unpaired) electrons. The Morgan fingerprint density at radius 3 is 2.26 bits per heavy atom. The summed E-state index contributed by atoms with van der Waals surface area (Å²) >= 11 is 1.46. The fraction of sp³-hybridized carbons (Fsp3) is 0.300. The summed E-state index contributed by atoms with van der Waals surface area (Å²) in [5, 5.41) is 5.08. The molecule has 0 bridgehead atoms. The van der Waals surface area contributed by atoms with Crippen LogP contribution in [0, 0.1) is 0 Å². The molecule has 1 fully saturated rings. The second-order valence-corrected chi connectivity index (χ2v) is 7.81. The van der Waals surface area contributed by atoms with Crippen molar-refractivity contribution in [3.05, 3.63) is 52.4 Å². The lowest BCUT2D eigenvalue weighted by Crippen LogP contribution is -2.44. The summed E-state index contributed by atoms with van der Waals surface area (Å²) in [6, 6.07) is 11.8. The first kappa shape index (κ1) is 17.8. The van der Waals surface area contributed by atoms with E-state index in [4.69, 9.17) is 0 Å². The van der Waals surface area contributed by atoms with Crippen LogP contribution in [0.5, 0.6) is 0 Å². The molecule has 0 spiro atoms. The number of anilines is 2. The first-order valence-electron chi connectivity index (χ1n) is 8.95. The molecule has 1 saturated heterocycles. The lowest BCUT2D eigenvalue weighted by atomic mass is 10.1. The third kappa shape index (κ3) is 3.36. The number of imide groups is 1. The van der Waals surface area contributed by atoms with Gasteiger partial charge >= 0.3 is 0 Å². The first-order valence-corrected chi connectivity index (χ1v) is 9.83. The Balaban J connectivity index is 1.57. The molecular formula is C20H22N4O2S. The number of rotatable bonds is 4. The van der Waals surface area contributed by atoms with Crippen LogP contribution in [0.25, 0.3) is 5.57 Å². The highest BCUT2D eigenvalue weighted by atomic mass is 32.1. The minimum atomic E-state index is -0.299. The van der Waals surface area contributed by atoms with E-state index >= 15 is 0 Å². The van der Waals surface area contributed by atoms with E-state index in [0.29, 0.717) is 11.3 Å². The number of carbonyl (C=O) groups excluding carboxylic acids is 2. The van der Waals surface area contributed by atoms with Crippen molar-refractivity contribution in [3.63, 3.8) is 0 Å². The van der Waals surface area contributed by atoms with Gasteiger partial charge in [-0.05, 0) is 42.8 Å². The Morgan fingerprint density at radius 1 is 0.926 bits per heavy atom. The zero-order valence-corrected chi connectivity index (χ0v) is 16.3. The second kappa shape index (κ2) is 7.17. The van der Waals surface area contributed by atoms with Crippen LogP contribution in [0.1, 0.15) is 4.88 Å². The molecule has 4 rings (SSSR count). The van der Waals surface area contributed by atoms with Crippen LogP contribution in [0.4, 0.5) is 11.4 Å². The van der Waals surface area contributed by atoms with Crippen molar-refractivity contribution in [1.82, 2.24) is 9.80 Å². The first-order chi connectivity index (χ1) is 13.0. The number of hydrogen-bond acceptors (Lipinski definition) is 6. The molecule has 1 aromatic carbocycles. The summed E-state index contributed by atoms with van der Waals surface area (Å²) < 4.78 is 0. The lowest BCUT2D eigenvalue weighted by molar-refractivity contribution is -0.135. The number of hydrogen-bond donors (Lipinski definition) is 1. The van der Waals surface area contributed by atoms with Crippen molar-refractivity contribution in [2.24, 2.45) is 0 Å². The van der Waals surface area contributed by atoms with Gasteiger partial charge in [-0.1, -0.05) is 6.07 Å². The number of likely N-dealkylation sites (N-methyl/N-ethyl adjacent to an activating group) is 2. The SMILES string of the molecule is CN1CCN(c2ccc(NC3=C(c4cccs4)C(=O)N(C)C3=O)cc2)CC1. The average molecular weight is 382 g/mol. The van der Waals surface area contributed by atoms with Gasteiger partial charge in [-0.2, -0.15) is 0 Å². The molecule has 0 aliphatic carbocycles. The van der Waals surface area contributed by atoms with Crippen molar-refractivity contribution < 1.29 is 9.59 Å². The smallest absolute Gasteiger partial charge is 0.277 e. The van der Waals surface area contributed by atoms with Gasteiger partial charge < -0.3 is 15.1 Å². The topological polar surface area (TPSA) is 55.9 Å². The normalized spacial score (nSPS) is 18.6. The quantitative estimate of drug-likeness (QED) is 0.823.